The minimum atomic E-state index is -0.0963. The summed E-state index contributed by atoms with van der Waals surface area (Å²) in [5.74, 6) is 2.41. The number of anilines is 3. The van der Waals surface area contributed by atoms with Gasteiger partial charge >= 0.3 is 0 Å². The molecule has 9 nitrogen and oxygen atoms in total. The number of nitrogens with one attached hydrogen (secondary N) is 2. The third-order valence-electron chi connectivity index (χ3n) is 6.41. The molecule has 0 spiro atoms. The lowest BCUT2D eigenvalue weighted by molar-refractivity contribution is -0.123. The number of rotatable bonds is 9. The van der Waals surface area contributed by atoms with Crippen LogP contribution >= 0.6 is 0 Å². The van der Waals surface area contributed by atoms with Crippen molar-refractivity contribution in [1.29, 1.82) is 0 Å². The summed E-state index contributed by atoms with van der Waals surface area (Å²) >= 11 is 0. The fraction of sp³-hybridized carbons (Fsp3) is 0.393. The van der Waals surface area contributed by atoms with Crippen molar-refractivity contribution in [3.63, 3.8) is 0 Å². The van der Waals surface area contributed by atoms with Gasteiger partial charge in [-0.1, -0.05) is 29.8 Å². The SMILES string of the molecule is COc1cc(Nc2nc(C)cc(N(Cc3ccc(C)cc3)C(=O)[C@H]3CCCNC3)n2)cc(OC)c1OC. The van der Waals surface area contributed by atoms with Crippen molar-refractivity contribution in [2.45, 2.75) is 33.2 Å². The van der Waals surface area contributed by atoms with Crippen LogP contribution in [0.1, 0.15) is 29.7 Å². The zero-order valence-electron chi connectivity index (χ0n) is 22.1. The molecule has 2 N–H and O–H groups in total. The summed E-state index contributed by atoms with van der Waals surface area (Å²) in [6.07, 6.45) is 1.84. The van der Waals surface area contributed by atoms with Crippen molar-refractivity contribution < 1.29 is 19.0 Å². The lowest BCUT2D eigenvalue weighted by Gasteiger charge is -2.29. The van der Waals surface area contributed by atoms with Gasteiger partial charge < -0.3 is 24.8 Å². The normalized spacial score (nSPS) is 15.1. The first-order valence-electron chi connectivity index (χ1n) is 12.4. The van der Waals surface area contributed by atoms with Crippen LogP contribution in [0.4, 0.5) is 17.5 Å². The maximum atomic E-state index is 13.7. The lowest BCUT2D eigenvalue weighted by Crippen LogP contribution is -2.43. The molecular formula is C28H35N5O4. The highest BCUT2D eigenvalue weighted by atomic mass is 16.5. The lowest BCUT2D eigenvalue weighted by atomic mass is 9.97. The molecule has 9 heteroatoms. The van der Waals surface area contributed by atoms with E-state index in [1.807, 2.05) is 13.0 Å². The summed E-state index contributed by atoms with van der Waals surface area (Å²) in [5.41, 5.74) is 3.62. The minimum absolute atomic E-state index is 0.0598. The van der Waals surface area contributed by atoms with Gasteiger partial charge in [0.1, 0.15) is 5.82 Å². The molecule has 0 bridgehead atoms. The number of hydrogen-bond donors (Lipinski definition) is 2. The largest absolute Gasteiger partial charge is 0.493 e. The number of nitrogens with zero attached hydrogens (tertiary/aromatic N) is 3. The van der Waals surface area contributed by atoms with Crippen LogP contribution in [0.3, 0.4) is 0 Å². The van der Waals surface area contributed by atoms with E-state index in [1.54, 1.807) is 38.4 Å². The Bertz CT molecular complexity index is 1200. The van der Waals surface area contributed by atoms with Gasteiger partial charge in [-0.2, -0.15) is 4.98 Å². The Labute approximate surface area is 218 Å². The molecule has 1 atom stereocenters. The summed E-state index contributed by atoms with van der Waals surface area (Å²) in [5, 5.41) is 6.60. The second-order valence-corrected chi connectivity index (χ2v) is 9.18. The average molecular weight is 506 g/mol. The molecule has 1 aliphatic heterocycles. The van der Waals surface area contributed by atoms with Crippen molar-refractivity contribution in [2.75, 3.05) is 44.6 Å². The topological polar surface area (TPSA) is 97.8 Å². The predicted molar refractivity (Wildman–Crippen MR) is 144 cm³/mol. The van der Waals surface area contributed by atoms with Gasteiger partial charge in [0.25, 0.3) is 0 Å². The Morgan fingerprint density at radius 3 is 2.32 bits per heavy atom. The van der Waals surface area contributed by atoms with Crippen LogP contribution < -0.4 is 29.7 Å². The summed E-state index contributed by atoms with van der Waals surface area (Å²) in [6.45, 7) is 5.98. The van der Waals surface area contributed by atoms with E-state index < -0.39 is 0 Å². The van der Waals surface area contributed by atoms with E-state index in [0.717, 1.165) is 30.6 Å². The number of ether oxygens (including phenoxy) is 3. The first-order valence-corrected chi connectivity index (χ1v) is 12.4. The summed E-state index contributed by atoms with van der Waals surface area (Å²) in [7, 11) is 4.69. The maximum absolute atomic E-state index is 13.7. The van der Waals surface area contributed by atoms with Crippen molar-refractivity contribution in [1.82, 2.24) is 15.3 Å². The highest BCUT2D eigenvalue weighted by Crippen LogP contribution is 2.40. The quantitative estimate of drug-likeness (QED) is 0.442. The van der Waals surface area contributed by atoms with E-state index >= 15 is 0 Å². The molecule has 1 amide bonds. The number of carbonyl (C=O) groups is 1. The van der Waals surface area contributed by atoms with Gasteiger partial charge in [-0.15, -0.1) is 0 Å². The van der Waals surface area contributed by atoms with Crippen LogP contribution in [-0.4, -0.2) is 50.3 Å². The van der Waals surface area contributed by atoms with Crippen molar-refractivity contribution in [2.24, 2.45) is 5.92 Å². The number of carbonyl (C=O) groups excluding carboxylic acids is 1. The molecule has 0 aliphatic carbocycles. The van der Waals surface area contributed by atoms with Crippen LogP contribution in [-0.2, 0) is 11.3 Å². The second-order valence-electron chi connectivity index (χ2n) is 9.18. The molecule has 0 radical (unpaired) electrons. The van der Waals surface area contributed by atoms with E-state index in [2.05, 4.69) is 46.8 Å². The van der Waals surface area contributed by atoms with Crippen LogP contribution in [0.2, 0.25) is 0 Å². The molecule has 3 aromatic rings. The highest BCUT2D eigenvalue weighted by Gasteiger charge is 2.28. The molecule has 2 aromatic carbocycles. The predicted octanol–water partition coefficient (Wildman–Crippen LogP) is 4.40. The van der Waals surface area contributed by atoms with E-state index in [1.165, 1.54) is 5.56 Å². The fourth-order valence-electron chi connectivity index (χ4n) is 4.46. The molecule has 37 heavy (non-hydrogen) atoms. The molecule has 0 unspecified atom stereocenters. The molecule has 4 rings (SSSR count). The molecule has 1 aliphatic rings. The van der Waals surface area contributed by atoms with Crippen molar-refractivity contribution in [3.05, 3.63) is 59.3 Å². The Kier molecular flexibility index (Phi) is 8.45. The first kappa shape index (κ1) is 26.2. The van der Waals surface area contributed by atoms with E-state index in [-0.39, 0.29) is 11.8 Å². The van der Waals surface area contributed by atoms with Crippen molar-refractivity contribution >= 4 is 23.4 Å². The van der Waals surface area contributed by atoms with Crippen LogP contribution in [0, 0.1) is 19.8 Å². The smallest absolute Gasteiger partial charge is 0.232 e. The summed E-state index contributed by atoms with van der Waals surface area (Å²) < 4.78 is 16.4. The number of methoxy groups -OCH3 is 3. The third kappa shape index (κ3) is 6.29. The Hall–Kier alpha value is -3.85. The number of piperidine rings is 1. The molecular weight excluding hydrogens is 470 g/mol. The zero-order chi connectivity index (χ0) is 26.4. The maximum Gasteiger partial charge on any atom is 0.232 e. The number of hydrogen-bond acceptors (Lipinski definition) is 8. The molecule has 1 fully saturated rings. The van der Waals surface area contributed by atoms with E-state index in [4.69, 9.17) is 19.2 Å². The molecule has 1 saturated heterocycles. The minimum Gasteiger partial charge on any atom is -0.493 e. The Balaban J connectivity index is 1.68. The Morgan fingerprint density at radius 2 is 1.73 bits per heavy atom. The first-order chi connectivity index (χ1) is 17.9. The molecule has 0 saturated carbocycles. The van der Waals surface area contributed by atoms with Gasteiger partial charge in [0.15, 0.2) is 11.5 Å². The van der Waals surface area contributed by atoms with Gasteiger partial charge in [0, 0.05) is 36.1 Å². The number of benzene rings is 2. The monoisotopic (exact) mass is 505 g/mol. The van der Waals surface area contributed by atoms with Gasteiger partial charge in [0.2, 0.25) is 17.6 Å². The third-order valence-corrected chi connectivity index (χ3v) is 6.41. The van der Waals surface area contributed by atoms with Crippen molar-refractivity contribution in [3.8, 4) is 17.2 Å². The number of aromatic nitrogens is 2. The zero-order valence-corrected chi connectivity index (χ0v) is 22.1. The fourth-order valence-corrected chi connectivity index (χ4v) is 4.46. The van der Waals surface area contributed by atoms with Gasteiger partial charge in [0.05, 0.1) is 33.8 Å². The number of aryl methyl sites for hydroxylation is 2. The van der Waals surface area contributed by atoms with Crippen LogP contribution in [0.5, 0.6) is 17.2 Å². The molecule has 2 heterocycles. The summed E-state index contributed by atoms with van der Waals surface area (Å²) in [4.78, 5) is 24.9. The van der Waals surface area contributed by atoms with Gasteiger partial charge in [-0.05, 0) is 38.8 Å². The van der Waals surface area contributed by atoms with Crippen LogP contribution in [0.25, 0.3) is 0 Å². The number of amides is 1. The molecule has 196 valence electrons. The summed E-state index contributed by atoms with van der Waals surface area (Å²) in [6, 6.07) is 13.6. The average Bonchev–Trinajstić information content (AvgIpc) is 2.91. The second kappa shape index (κ2) is 11.9. The van der Waals surface area contributed by atoms with Crippen LogP contribution in [0.15, 0.2) is 42.5 Å². The van der Waals surface area contributed by atoms with Gasteiger partial charge in [-0.25, -0.2) is 4.98 Å². The Morgan fingerprint density at radius 1 is 1.03 bits per heavy atom. The standard InChI is InChI=1S/C28H35N5O4/c1-18-8-10-20(11-9-18)17-33(27(34)21-7-6-12-29-16-21)25-13-19(2)30-28(32-25)31-22-14-23(35-3)26(37-5)24(15-22)36-4/h8-11,13-15,21,29H,6-7,12,16-17H2,1-5H3,(H,30,31,32)/t21-/m0/s1. The molecule has 1 aromatic heterocycles. The highest BCUT2D eigenvalue weighted by molar-refractivity contribution is 5.94. The van der Waals surface area contributed by atoms with E-state index in [0.29, 0.717) is 47.8 Å². The van der Waals surface area contributed by atoms with E-state index in [9.17, 15) is 4.79 Å². The van der Waals surface area contributed by atoms with Gasteiger partial charge in [-0.3, -0.25) is 9.69 Å².